The van der Waals surface area contributed by atoms with E-state index in [2.05, 4.69) is 22.1 Å². The van der Waals surface area contributed by atoms with Crippen LogP contribution in [0, 0.1) is 13.8 Å². The van der Waals surface area contributed by atoms with Crippen LogP contribution in [0.25, 0.3) is 0 Å². The quantitative estimate of drug-likeness (QED) is 0.675. The zero-order chi connectivity index (χ0) is 9.84. The smallest absolute Gasteiger partial charge is 0.243 e. The first-order chi connectivity index (χ1) is 6.15. The van der Waals surface area contributed by atoms with Crippen LogP contribution in [0.5, 0.6) is 0 Å². The van der Waals surface area contributed by atoms with Crippen molar-refractivity contribution in [3.05, 3.63) is 29.6 Å². The second kappa shape index (κ2) is 3.89. The summed E-state index contributed by atoms with van der Waals surface area (Å²) in [6.45, 7) is 7.70. The monoisotopic (exact) mass is 179 g/mol. The molecule has 0 saturated carbocycles. The SMILES string of the molecule is C=CC(=O)NCc1c(C)n[nH]c1C. The number of amides is 1. The third-order valence-corrected chi connectivity index (χ3v) is 1.91. The topological polar surface area (TPSA) is 57.8 Å². The highest BCUT2D eigenvalue weighted by atomic mass is 16.1. The third-order valence-electron chi connectivity index (χ3n) is 1.91. The highest BCUT2D eigenvalue weighted by molar-refractivity contribution is 5.86. The van der Waals surface area contributed by atoms with E-state index >= 15 is 0 Å². The van der Waals surface area contributed by atoms with Crippen LogP contribution in [0.3, 0.4) is 0 Å². The Morgan fingerprint density at radius 3 is 2.85 bits per heavy atom. The minimum absolute atomic E-state index is 0.167. The largest absolute Gasteiger partial charge is 0.348 e. The zero-order valence-corrected chi connectivity index (χ0v) is 7.85. The molecule has 0 aliphatic carbocycles. The summed E-state index contributed by atoms with van der Waals surface area (Å²) in [7, 11) is 0. The van der Waals surface area contributed by atoms with Gasteiger partial charge in [0.25, 0.3) is 0 Å². The van der Waals surface area contributed by atoms with Gasteiger partial charge in [-0.2, -0.15) is 5.10 Å². The Morgan fingerprint density at radius 2 is 2.38 bits per heavy atom. The van der Waals surface area contributed by atoms with Gasteiger partial charge in [0.2, 0.25) is 5.91 Å². The Labute approximate surface area is 77.0 Å². The number of nitrogens with one attached hydrogen (secondary N) is 2. The molecule has 0 aromatic carbocycles. The number of carbonyl (C=O) groups excluding carboxylic acids is 1. The molecule has 0 aliphatic rings. The number of H-pyrrole nitrogens is 1. The van der Waals surface area contributed by atoms with Crippen molar-refractivity contribution in [2.75, 3.05) is 0 Å². The number of nitrogens with zero attached hydrogens (tertiary/aromatic N) is 1. The van der Waals surface area contributed by atoms with E-state index in [1.54, 1.807) is 0 Å². The van der Waals surface area contributed by atoms with Crippen LogP contribution in [0.1, 0.15) is 17.0 Å². The van der Waals surface area contributed by atoms with Crippen molar-refractivity contribution in [2.45, 2.75) is 20.4 Å². The van der Waals surface area contributed by atoms with Crippen LogP contribution in [0.15, 0.2) is 12.7 Å². The summed E-state index contributed by atoms with van der Waals surface area (Å²) in [6.07, 6.45) is 1.25. The normalized spacial score (nSPS) is 9.69. The van der Waals surface area contributed by atoms with Gasteiger partial charge in [0.05, 0.1) is 5.69 Å². The fourth-order valence-corrected chi connectivity index (χ4v) is 1.08. The molecular weight excluding hydrogens is 166 g/mol. The average molecular weight is 179 g/mol. The van der Waals surface area contributed by atoms with Gasteiger partial charge in [-0.25, -0.2) is 0 Å². The van der Waals surface area contributed by atoms with Crippen molar-refractivity contribution in [2.24, 2.45) is 0 Å². The van der Waals surface area contributed by atoms with Gasteiger partial charge in [0, 0.05) is 17.8 Å². The first-order valence-corrected chi connectivity index (χ1v) is 4.06. The summed E-state index contributed by atoms with van der Waals surface area (Å²) >= 11 is 0. The van der Waals surface area contributed by atoms with E-state index in [9.17, 15) is 4.79 Å². The van der Waals surface area contributed by atoms with Gasteiger partial charge in [0.15, 0.2) is 0 Å². The molecule has 0 saturated heterocycles. The van der Waals surface area contributed by atoms with Gasteiger partial charge in [-0.1, -0.05) is 6.58 Å². The predicted octanol–water partition coefficient (Wildman–Crippen LogP) is 0.829. The number of carbonyl (C=O) groups is 1. The van der Waals surface area contributed by atoms with E-state index in [1.807, 2.05) is 13.8 Å². The Morgan fingerprint density at radius 1 is 1.69 bits per heavy atom. The lowest BCUT2D eigenvalue weighted by Crippen LogP contribution is -2.20. The van der Waals surface area contributed by atoms with E-state index in [4.69, 9.17) is 0 Å². The molecule has 1 aromatic rings. The number of aromatic nitrogens is 2. The first-order valence-electron chi connectivity index (χ1n) is 4.06. The summed E-state index contributed by atoms with van der Waals surface area (Å²) in [5.41, 5.74) is 2.94. The highest BCUT2D eigenvalue weighted by Crippen LogP contribution is 2.07. The third kappa shape index (κ3) is 2.18. The van der Waals surface area contributed by atoms with Crippen molar-refractivity contribution >= 4 is 5.91 Å². The van der Waals surface area contributed by atoms with Crippen molar-refractivity contribution in [3.63, 3.8) is 0 Å². The number of hydrogen-bond acceptors (Lipinski definition) is 2. The molecule has 0 atom stereocenters. The molecule has 1 amide bonds. The molecular formula is C9H13N3O. The lowest BCUT2D eigenvalue weighted by molar-refractivity contribution is -0.116. The van der Waals surface area contributed by atoms with E-state index < -0.39 is 0 Å². The van der Waals surface area contributed by atoms with Crippen molar-refractivity contribution in [1.82, 2.24) is 15.5 Å². The molecule has 70 valence electrons. The molecule has 1 rings (SSSR count). The number of aryl methyl sites for hydroxylation is 2. The van der Waals surface area contributed by atoms with Crippen molar-refractivity contribution < 1.29 is 4.79 Å². The molecule has 0 spiro atoms. The Kier molecular flexibility index (Phi) is 2.84. The molecule has 0 aliphatic heterocycles. The Hall–Kier alpha value is -1.58. The Balaban J connectivity index is 2.63. The van der Waals surface area contributed by atoms with Crippen LogP contribution in [0.2, 0.25) is 0 Å². The van der Waals surface area contributed by atoms with Gasteiger partial charge in [0.1, 0.15) is 0 Å². The molecule has 13 heavy (non-hydrogen) atoms. The van der Waals surface area contributed by atoms with E-state index in [-0.39, 0.29) is 5.91 Å². The van der Waals surface area contributed by atoms with Crippen LogP contribution in [0.4, 0.5) is 0 Å². The molecule has 1 aromatic heterocycles. The maximum Gasteiger partial charge on any atom is 0.243 e. The fraction of sp³-hybridized carbons (Fsp3) is 0.333. The van der Waals surface area contributed by atoms with Crippen LogP contribution in [-0.2, 0) is 11.3 Å². The number of hydrogen-bond donors (Lipinski definition) is 2. The number of rotatable bonds is 3. The fourth-order valence-electron chi connectivity index (χ4n) is 1.08. The van der Waals surface area contributed by atoms with E-state index in [0.717, 1.165) is 17.0 Å². The molecule has 4 nitrogen and oxygen atoms in total. The minimum Gasteiger partial charge on any atom is -0.348 e. The average Bonchev–Trinajstić information content (AvgIpc) is 2.43. The van der Waals surface area contributed by atoms with Crippen LogP contribution in [-0.4, -0.2) is 16.1 Å². The molecule has 0 bridgehead atoms. The second-order valence-electron chi connectivity index (χ2n) is 2.83. The van der Waals surface area contributed by atoms with Gasteiger partial charge in [-0.15, -0.1) is 0 Å². The summed E-state index contributed by atoms with van der Waals surface area (Å²) in [6, 6.07) is 0. The molecule has 0 radical (unpaired) electrons. The summed E-state index contributed by atoms with van der Waals surface area (Å²) in [4.78, 5) is 10.9. The first kappa shape index (κ1) is 9.51. The summed E-state index contributed by atoms with van der Waals surface area (Å²) in [5, 5.41) is 9.57. The molecule has 0 unspecified atom stereocenters. The summed E-state index contributed by atoms with van der Waals surface area (Å²) < 4.78 is 0. The molecule has 2 N–H and O–H groups in total. The number of aromatic amines is 1. The van der Waals surface area contributed by atoms with Crippen molar-refractivity contribution in [3.8, 4) is 0 Å². The van der Waals surface area contributed by atoms with E-state index in [0.29, 0.717) is 6.54 Å². The van der Waals surface area contributed by atoms with Crippen LogP contribution >= 0.6 is 0 Å². The maximum atomic E-state index is 10.9. The zero-order valence-electron chi connectivity index (χ0n) is 7.85. The predicted molar refractivity (Wildman–Crippen MR) is 50.1 cm³/mol. The lowest BCUT2D eigenvalue weighted by Gasteiger charge is -2.01. The second-order valence-corrected chi connectivity index (χ2v) is 2.83. The highest BCUT2D eigenvalue weighted by Gasteiger charge is 2.05. The van der Waals surface area contributed by atoms with Crippen molar-refractivity contribution in [1.29, 1.82) is 0 Å². The molecule has 0 fully saturated rings. The van der Waals surface area contributed by atoms with Gasteiger partial charge in [-0.05, 0) is 19.9 Å². The lowest BCUT2D eigenvalue weighted by atomic mass is 10.2. The van der Waals surface area contributed by atoms with Gasteiger partial charge < -0.3 is 5.32 Å². The van der Waals surface area contributed by atoms with Gasteiger partial charge >= 0.3 is 0 Å². The molecule has 4 heteroatoms. The Bertz CT molecular complexity index is 308. The summed E-state index contributed by atoms with van der Waals surface area (Å²) in [5.74, 6) is -0.167. The maximum absolute atomic E-state index is 10.9. The minimum atomic E-state index is -0.167. The van der Waals surface area contributed by atoms with Crippen LogP contribution < -0.4 is 5.32 Å². The van der Waals surface area contributed by atoms with Gasteiger partial charge in [-0.3, -0.25) is 9.89 Å². The van der Waals surface area contributed by atoms with E-state index in [1.165, 1.54) is 6.08 Å². The molecule has 1 heterocycles. The standard InChI is InChI=1S/C9H13N3O/c1-4-9(13)10-5-8-6(2)11-12-7(8)3/h4H,1,5H2,2-3H3,(H,10,13)(H,11,12).